The fourth-order valence-electron chi connectivity index (χ4n) is 1.98. The van der Waals surface area contributed by atoms with E-state index >= 15 is 0 Å². The molecule has 0 unspecified atom stereocenters. The lowest BCUT2D eigenvalue weighted by atomic mass is 10.1. The summed E-state index contributed by atoms with van der Waals surface area (Å²) in [6.07, 6.45) is 0.485. The molecule has 3 rings (SSSR count). The van der Waals surface area contributed by atoms with E-state index in [9.17, 15) is 4.39 Å². The molecule has 0 radical (unpaired) electrons. The molecule has 3 aromatic rings. The van der Waals surface area contributed by atoms with Crippen LogP contribution in [0.2, 0.25) is 10.0 Å². The third-order valence-electron chi connectivity index (χ3n) is 3.07. The second-order valence-corrected chi connectivity index (χ2v) is 6.28. The van der Waals surface area contributed by atoms with Gasteiger partial charge in [-0.3, -0.25) is 0 Å². The average molecular weight is 338 g/mol. The monoisotopic (exact) mass is 337 g/mol. The molecule has 0 N–H and O–H groups in total. The van der Waals surface area contributed by atoms with Crippen LogP contribution in [-0.2, 0) is 6.42 Å². The van der Waals surface area contributed by atoms with Crippen LogP contribution in [0.25, 0.3) is 11.3 Å². The number of thiazole rings is 1. The maximum absolute atomic E-state index is 13.6. The van der Waals surface area contributed by atoms with Crippen molar-refractivity contribution in [1.29, 1.82) is 0 Å². The Hall–Kier alpha value is -1.42. The molecule has 106 valence electrons. The number of nitrogens with zero attached hydrogens (tertiary/aromatic N) is 1. The number of aromatic nitrogens is 1. The molecule has 1 heterocycles. The first-order chi connectivity index (χ1) is 10.1. The molecule has 2 aromatic carbocycles. The summed E-state index contributed by atoms with van der Waals surface area (Å²) in [5.74, 6) is -0.205. The molecule has 0 saturated heterocycles. The Kier molecular flexibility index (Phi) is 4.24. The van der Waals surface area contributed by atoms with Gasteiger partial charge < -0.3 is 0 Å². The summed E-state index contributed by atoms with van der Waals surface area (Å²) in [6, 6.07) is 12.1. The van der Waals surface area contributed by atoms with Crippen LogP contribution in [0.3, 0.4) is 0 Å². The molecule has 0 aliphatic rings. The van der Waals surface area contributed by atoms with Crippen LogP contribution in [0, 0.1) is 5.82 Å². The fourth-order valence-corrected chi connectivity index (χ4v) is 3.11. The van der Waals surface area contributed by atoms with Gasteiger partial charge in [0.25, 0.3) is 0 Å². The van der Waals surface area contributed by atoms with E-state index in [0.29, 0.717) is 22.0 Å². The van der Waals surface area contributed by atoms with E-state index in [1.165, 1.54) is 17.4 Å². The van der Waals surface area contributed by atoms with Gasteiger partial charge in [0.05, 0.1) is 20.7 Å². The maximum Gasteiger partial charge on any atom is 0.126 e. The highest BCUT2D eigenvalue weighted by Crippen LogP contribution is 2.29. The Labute approximate surface area is 136 Å². The highest BCUT2D eigenvalue weighted by atomic mass is 35.5. The summed E-state index contributed by atoms with van der Waals surface area (Å²) < 4.78 is 13.6. The predicted molar refractivity (Wildman–Crippen MR) is 86.8 cm³/mol. The zero-order valence-corrected chi connectivity index (χ0v) is 13.1. The lowest BCUT2D eigenvalue weighted by Crippen LogP contribution is -1.91. The predicted octanol–water partition coefficient (Wildman–Crippen LogP) is 5.85. The van der Waals surface area contributed by atoms with E-state index in [-0.39, 0.29) is 5.82 Å². The van der Waals surface area contributed by atoms with Crippen molar-refractivity contribution in [2.45, 2.75) is 6.42 Å². The van der Waals surface area contributed by atoms with Crippen molar-refractivity contribution in [1.82, 2.24) is 4.98 Å². The Morgan fingerprint density at radius 2 is 1.86 bits per heavy atom. The highest BCUT2D eigenvalue weighted by molar-refractivity contribution is 7.10. The number of hydrogen-bond donors (Lipinski definition) is 0. The lowest BCUT2D eigenvalue weighted by molar-refractivity contribution is 0.614. The smallest absolute Gasteiger partial charge is 0.126 e. The summed E-state index contributed by atoms with van der Waals surface area (Å²) in [7, 11) is 0. The topological polar surface area (TPSA) is 12.9 Å². The van der Waals surface area contributed by atoms with Crippen molar-refractivity contribution in [2.24, 2.45) is 0 Å². The number of rotatable bonds is 3. The molecule has 0 fully saturated rings. The largest absolute Gasteiger partial charge is 0.241 e. The van der Waals surface area contributed by atoms with Gasteiger partial charge in [-0.05, 0) is 23.8 Å². The third-order valence-corrected chi connectivity index (χ3v) is 4.65. The molecule has 5 heteroatoms. The van der Waals surface area contributed by atoms with Crippen LogP contribution in [0.15, 0.2) is 47.8 Å². The third kappa shape index (κ3) is 3.26. The molecule has 0 aliphatic heterocycles. The molecular weight excluding hydrogens is 328 g/mol. The highest BCUT2D eigenvalue weighted by Gasteiger charge is 2.09. The Morgan fingerprint density at radius 3 is 2.62 bits per heavy atom. The zero-order valence-electron chi connectivity index (χ0n) is 10.8. The quantitative estimate of drug-likeness (QED) is 0.584. The van der Waals surface area contributed by atoms with Crippen LogP contribution in [0.1, 0.15) is 10.6 Å². The summed E-state index contributed by atoms with van der Waals surface area (Å²) in [5, 5.41) is 3.82. The molecule has 21 heavy (non-hydrogen) atoms. The standard InChI is InChI=1S/C16H10Cl2FNS/c17-12-6-5-11(7-13(12)18)15-9-21-16(20-15)8-10-3-1-2-4-14(10)19/h1-7,9H,8H2. The van der Waals surface area contributed by atoms with Gasteiger partial charge in [0.15, 0.2) is 0 Å². The normalized spacial score (nSPS) is 10.8. The summed E-state index contributed by atoms with van der Waals surface area (Å²) in [6.45, 7) is 0. The van der Waals surface area contributed by atoms with E-state index < -0.39 is 0 Å². The SMILES string of the molecule is Fc1ccccc1Cc1nc(-c2ccc(Cl)c(Cl)c2)cs1. The van der Waals surface area contributed by atoms with E-state index in [1.807, 2.05) is 17.5 Å². The molecular formula is C16H10Cl2FNS. The van der Waals surface area contributed by atoms with Crippen LogP contribution >= 0.6 is 34.5 Å². The minimum Gasteiger partial charge on any atom is -0.241 e. The van der Waals surface area contributed by atoms with Gasteiger partial charge >= 0.3 is 0 Å². The van der Waals surface area contributed by atoms with Crippen LogP contribution < -0.4 is 0 Å². The molecule has 0 spiro atoms. The first-order valence-corrected chi connectivity index (χ1v) is 7.90. The molecule has 0 aliphatic carbocycles. The fraction of sp³-hybridized carbons (Fsp3) is 0.0625. The minimum absolute atomic E-state index is 0.205. The summed E-state index contributed by atoms with van der Waals surface area (Å²) in [5.41, 5.74) is 2.37. The number of benzene rings is 2. The van der Waals surface area contributed by atoms with Gasteiger partial charge in [0.1, 0.15) is 5.82 Å². The first-order valence-electron chi connectivity index (χ1n) is 6.27. The first kappa shape index (κ1) is 14.5. The maximum atomic E-state index is 13.6. The van der Waals surface area contributed by atoms with E-state index in [0.717, 1.165) is 16.3 Å². The van der Waals surface area contributed by atoms with Crippen molar-refractivity contribution in [3.8, 4) is 11.3 Å². The van der Waals surface area contributed by atoms with Gasteiger partial charge in [0.2, 0.25) is 0 Å². The van der Waals surface area contributed by atoms with Gasteiger partial charge in [-0.1, -0.05) is 47.5 Å². The Balaban J connectivity index is 1.86. The molecule has 0 bridgehead atoms. The van der Waals surface area contributed by atoms with Gasteiger partial charge in [0, 0.05) is 17.4 Å². The Morgan fingerprint density at radius 1 is 1.05 bits per heavy atom. The van der Waals surface area contributed by atoms with Crippen LogP contribution in [-0.4, -0.2) is 4.98 Å². The average Bonchev–Trinajstić information content (AvgIpc) is 2.93. The van der Waals surface area contributed by atoms with Gasteiger partial charge in [-0.2, -0.15) is 0 Å². The summed E-state index contributed by atoms with van der Waals surface area (Å²) in [4.78, 5) is 4.54. The number of hydrogen-bond acceptors (Lipinski definition) is 2. The van der Waals surface area contributed by atoms with Crippen molar-refractivity contribution >= 4 is 34.5 Å². The molecule has 0 amide bonds. The van der Waals surface area contributed by atoms with Crippen molar-refractivity contribution in [2.75, 3.05) is 0 Å². The minimum atomic E-state index is -0.205. The van der Waals surface area contributed by atoms with Crippen molar-refractivity contribution < 1.29 is 4.39 Å². The van der Waals surface area contributed by atoms with Crippen LogP contribution in [0.5, 0.6) is 0 Å². The second kappa shape index (κ2) is 6.14. The van der Waals surface area contributed by atoms with Crippen molar-refractivity contribution in [3.63, 3.8) is 0 Å². The van der Waals surface area contributed by atoms with Crippen LogP contribution in [0.4, 0.5) is 4.39 Å². The summed E-state index contributed by atoms with van der Waals surface area (Å²) >= 11 is 13.4. The molecule has 1 nitrogen and oxygen atoms in total. The zero-order chi connectivity index (χ0) is 14.8. The van der Waals surface area contributed by atoms with Gasteiger partial charge in [-0.15, -0.1) is 11.3 Å². The van der Waals surface area contributed by atoms with Crippen molar-refractivity contribution in [3.05, 3.63) is 74.3 Å². The molecule has 1 aromatic heterocycles. The van der Waals surface area contributed by atoms with E-state index in [1.54, 1.807) is 24.3 Å². The number of halogens is 3. The molecule has 0 atom stereocenters. The van der Waals surface area contributed by atoms with Gasteiger partial charge in [-0.25, -0.2) is 9.37 Å². The van der Waals surface area contributed by atoms with E-state index in [2.05, 4.69) is 4.98 Å². The Bertz CT molecular complexity index is 785. The lowest BCUT2D eigenvalue weighted by Gasteiger charge is -2.00. The molecule has 0 saturated carbocycles. The second-order valence-electron chi connectivity index (χ2n) is 4.52. The van der Waals surface area contributed by atoms with E-state index in [4.69, 9.17) is 23.2 Å².